The van der Waals surface area contributed by atoms with Crippen LogP contribution >= 0.6 is 0 Å². The smallest absolute Gasteiger partial charge is 0.338 e. The van der Waals surface area contributed by atoms with Crippen molar-refractivity contribution in [2.75, 3.05) is 6.61 Å². The summed E-state index contributed by atoms with van der Waals surface area (Å²) in [5.74, 6) is -0.703. The van der Waals surface area contributed by atoms with E-state index in [2.05, 4.69) is 4.98 Å². The quantitative estimate of drug-likeness (QED) is 0.591. The minimum Gasteiger partial charge on any atom is -0.454 e. The van der Waals surface area contributed by atoms with E-state index in [1.807, 2.05) is 43.3 Å². The summed E-state index contributed by atoms with van der Waals surface area (Å²) in [5, 5.41) is 0.833. The summed E-state index contributed by atoms with van der Waals surface area (Å²) in [6.45, 7) is 1.56. The molecule has 110 valence electrons. The number of carbonyl (C=O) groups excluding carboxylic acids is 2. The number of carbonyl (C=O) groups is 2. The van der Waals surface area contributed by atoms with E-state index < -0.39 is 5.97 Å². The lowest BCUT2D eigenvalue weighted by Gasteiger charge is -2.06. The van der Waals surface area contributed by atoms with Gasteiger partial charge >= 0.3 is 5.97 Å². The fourth-order valence-corrected chi connectivity index (χ4v) is 2.39. The Hall–Kier alpha value is -2.88. The van der Waals surface area contributed by atoms with Crippen LogP contribution in [0.3, 0.4) is 0 Å². The highest BCUT2D eigenvalue weighted by Gasteiger charge is 2.15. The van der Waals surface area contributed by atoms with Gasteiger partial charge in [-0.25, -0.2) is 4.79 Å². The molecule has 0 saturated carbocycles. The monoisotopic (exact) mass is 293 g/mol. The van der Waals surface area contributed by atoms with E-state index in [4.69, 9.17) is 4.74 Å². The second-order valence-corrected chi connectivity index (χ2v) is 5.06. The van der Waals surface area contributed by atoms with Gasteiger partial charge in [-0.1, -0.05) is 36.4 Å². The number of nitrogens with one attached hydrogen (secondary N) is 1. The molecule has 0 radical (unpaired) electrons. The van der Waals surface area contributed by atoms with Crippen molar-refractivity contribution in [3.8, 4) is 0 Å². The van der Waals surface area contributed by atoms with Gasteiger partial charge in [0, 0.05) is 22.7 Å². The molecule has 0 saturated heterocycles. The molecular weight excluding hydrogens is 278 g/mol. The number of fused-ring (bicyclic) bond motifs is 1. The van der Waals surface area contributed by atoms with E-state index in [0.29, 0.717) is 11.1 Å². The number of aromatic amines is 1. The summed E-state index contributed by atoms with van der Waals surface area (Å²) in [5.41, 5.74) is 2.73. The number of Topliss-reactive ketones (excluding diaryl/α,β-unsaturated/α-hetero) is 1. The molecule has 0 bridgehead atoms. The number of ketones is 1. The zero-order valence-corrected chi connectivity index (χ0v) is 12.1. The third kappa shape index (κ3) is 2.63. The Labute approximate surface area is 127 Å². The van der Waals surface area contributed by atoms with Crippen LogP contribution in [0.25, 0.3) is 10.9 Å². The molecule has 0 unspecified atom stereocenters. The van der Waals surface area contributed by atoms with E-state index in [-0.39, 0.29) is 12.4 Å². The van der Waals surface area contributed by atoms with Gasteiger partial charge in [0.15, 0.2) is 6.61 Å². The predicted octanol–water partition coefficient (Wildman–Crippen LogP) is 3.52. The summed E-state index contributed by atoms with van der Waals surface area (Å²) in [6.07, 6.45) is 1.65. The Bertz CT molecular complexity index is 848. The summed E-state index contributed by atoms with van der Waals surface area (Å²) in [6, 6.07) is 14.7. The molecule has 3 rings (SSSR count). The van der Waals surface area contributed by atoms with Gasteiger partial charge in [-0.3, -0.25) is 4.79 Å². The Balaban J connectivity index is 1.73. The van der Waals surface area contributed by atoms with Crippen molar-refractivity contribution in [2.45, 2.75) is 6.92 Å². The maximum atomic E-state index is 12.2. The van der Waals surface area contributed by atoms with Crippen molar-refractivity contribution in [3.63, 3.8) is 0 Å². The molecule has 0 amide bonds. The molecule has 0 aliphatic rings. The normalized spacial score (nSPS) is 10.6. The van der Waals surface area contributed by atoms with Crippen LogP contribution in [0.2, 0.25) is 0 Å². The van der Waals surface area contributed by atoms with Crippen molar-refractivity contribution in [1.82, 2.24) is 4.98 Å². The van der Waals surface area contributed by atoms with Gasteiger partial charge in [0.25, 0.3) is 0 Å². The van der Waals surface area contributed by atoms with Crippen LogP contribution in [-0.2, 0) is 4.74 Å². The van der Waals surface area contributed by atoms with Gasteiger partial charge in [0.1, 0.15) is 0 Å². The first-order valence-corrected chi connectivity index (χ1v) is 6.99. The Morgan fingerprint density at radius 1 is 1.00 bits per heavy atom. The van der Waals surface area contributed by atoms with Gasteiger partial charge < -0.3 is 9.72 Å². The fraction of sp³-hybridized carbons (Fsp3) is 0.111. The number of hydrogen-bond acceptors (Lipinski definition) is 3. The van der Waals surface area contributed by atoms with Crippen molar-refractivity contribution in [1.29, 1.82) is 0 Å². The lowest BCUT2D eigenvalue weighted by atomic mass is 10.1. The number of rotatable bonds is 4. The zero-order chi connectivity index (χ0) is 15.5. The average molecular weight is 293 g/mol. The first-order chi connectivity index (χ1) is 10.7. The lowest BCUT2D eigenvalue weighted by molar-refractivity contribution is 0.0474. The van der Waals surface area contributed by atoms with Crippen LogP contribution in [0.1, 0.15) is 26.3 Å². The van der Waals surface area contributed by atoms with Crippen LogP contribution in [0.15, 0.2) is 54.7 Å². The Kier molecular flexibility index (Phi) is 3.74. The number of aromatic nitrogens is 1. The molecule has 0 aliphatic heterocycles. The number of benzene rings is 2. The minimum atomic E-state index is -0.480. The summed E-state index contributed by atoms with van der Waals surface area (Å²) < 4.78 is 5.14. The standard InChI is InChI=1S/C18H15NO3/c1-12-6-2-3-7-13(12)18(21)22-11-17(20)15-10-19-16-9-5-4-8-14(15)16/h2-10,19H,11H2,1H3. The highest BCUT2D eigenvalue weighted by atomic mass is 16.5. The van der Waals surface area contributed by atoms with Crippen molar-refractivity contribution in [2.24, 2.45) is 0 Å². The number of esters is 1. The van der Waals surface area contributed by atoms with Crippen molar-refractivity contribution < 1.29 is 14.3 Å². The maximum absolute atomic E-state index is 12.2. The number of hydrogen-bond donors (Lipinski definition) is 1. The molecule has 22 heavy (non-hydrogen) atoms. The van der Waals surface area contributed by atoms with Crippen LogP contribution in [0.5, 0.6) is 0 Å². The third-order valence-electron chi connectivity index (χ3n) is 3.59. The van der Waals surface area contributed by atoms with Gasteiger partial charge in [0.05, 0.1) is 5.56 Å². The Morgan fingerprint density at radius 3 is 2.55 bits per heavy atom. The summed E-state index contributed by atoms with van der Waals surface area (Å²) >= 11 is 0. The first kappa shape index (κ1) is 14.1. The summed E-state index contributed by atoms with van der Waals surface area (Å²) in [4.78, 5) is 27.3. The van der Waals surface area contributed by atoms with Crippen molar-refractivity contribution >= 4 is 22.7 Å². The number of para-hydroxylation sites is 1. The number of ether oxygens (including phenoxy) is 1. The second kappa shape index (κ2) is 5.85. The lowest BCUT2D eigenvalue weighted by Crippen LogP contribution is -2.14. The van der Waals surface area contributed by atoms with E-state index >= 15 is 0 Å². The predicted molar refractivity (Wildman–Crippen MR) is 84.1 cm³/mol. The van der Waals surface area contributed by atoms with Gasteiger partial charge in [-0.15, -0.1) is 0 Å². The molecule has 0 atom stereocenters. The SMILES string of the molecule is Cc1ccccc1C(=O)OCC(=O)c1c[nH]c2ccccc12. The second-order valence-electron chi connectivity index (χ2n) is 5.06. The molecule has 0 spiro atoms. The third-order valence-corrected chi connectivity index (χ3v) is 3.59. The molecule has 0 aliphatic carbocycles. The molecule has 2 aromatic carbocycles. The zero-order valence-electron chi connectivity index (χ0n) is 12.1. The van der Waals surface area contributed by atoms with E-state index in [9.17, 15) is 9.59 Å². The topological polar surface area (TPSA) is 59.2 Å². The number of H-pyrrole nitrogens is 1. The highest BCUT2D eigenvalue weighted by Crippen LogP contribution is 2.18. The molecule has 0 fully saturated rings. The molecule has 1 heterocycles. The maximum Gasteiger partial charge on any atom is 0.338 e. The van der Waals surface area contributed by atoms with Crippen LogP contribution in [-0.4, -0.2) is 23.3 Å². The number of aryl methyl sites for hydroxylation is 1. The molecule has 3 aromatic rings. The molecule has 1 N–H and O–H groups in total. The first-order valence-electron chi connectivity index (χ1n) is 6.99. The van der Waals surface area contributed by atoms with Crippen LogP contribution < -0.4 is 0 Å². The van der Waals surface area contributed by atoms with Crippen LogP contribution in [0, 0.1) is 6.92 Å². The van der Waals surface area contributed by atoms with E-state index in [1.54, 1.807) is 18.3 Å². The summed E-state index contributed by atoms with van der Waals surface area (Å²) in [7, 11) is 0. The van der Waals surface area contributed by atoms with Crippen LogP contribution in [0.4, 0.5) is 0 Å². The molecule has 4 heteroatoms. The Morgan fingerprint density at radius 2 is 1.73 bits per heavy atom. The fourth-order valence-electron chi connectivity index (χ4n) is 2.39. The van der Waals surface area contributed by atoms with E-state index in [0.717, 1.165) is 16.5 Å². The molecular formula is C18H15NO3. The van der Waals surface area contributed by atoms with E-state index in [1.165, 1.54) is 0 Å². The highest BCUT2D eigenvalue weighted by molar-refractivity contribution is 6.09. The molecule has 4 nitrogen and oxygen atoms in total. The minimum absolute atomic E-state index is 0.223. The van der Waals surface area contributed by atoms with Gasteiger partial charge in [-0.05, 0) is 24.6 Å². The average Bonchev–Trinajstić information content (AvgIpc) is 2.97. The molecule has 1 aromatic heterocycles. The van der Waals surface area contributed by atoms with Gasteiger partial charge in [0.2, 0.25) is 5.78 Å². The largest absolute Gasteiger partial charge is 0.454 e. The van der Waals surface area contributed by atoms with Gasteiger partial charge in [-0.2, -0.15) is 0 Å². The van der Waals surface area contributed by atoms with Crippen molar-refractivity contribution in [3.05, 3.63) is 71.4 Å².